The molecule has 0 bridgehead atoms. The van der Waals surface area contributed by atoms with E-state index in [-0.39, 0.29) is 48.6 Å². The molecule has 2 amide bonds. The molecule has 5 rings (SSSR count). The Balaban J connectivity index is 1.45. The predicted molar refractivity (Wildman–Crippen MR) is 134 cm³/mol. The first kappa shape index (κ1) is 29.4. The Morgan fingerprint density at radius 3 is 2.55 bits per heavy atom. The fourth-order valence-corrected chi connectivity index (χ4v) is 5.71. The van der Waals surface area contributed by atoms with Crippen molar-refractivity contribution in [3.8, 4) is 0 Å². The van der Waals surface area contributed by atoms with E-state index >= 15 is 0 Å². The van der Waals surface area contributed by atoms with Gasteiger partial charge in [0.2, 0.25) is 11.8 Å². The van der Waals surface area contributed by atoms with Gasteiger partial charge in [-0.1, -0.05) is 0 Å². The van der Waals surface area contributed by atoms with Crippen molar-refractivity contribution in [1.29, 1.82) is 0 Å². The largest absolute Gasteiger partial charge is 0.480 e. The van der Waals surface area contributed by atoms with Gasteiger partial charge in [-0.15, -0.1) is 0 Å². The number of carboxylic acid groups (broad SMARTS) is 1. The Bertz CT molecular complexity index is 1510. The second-order valence-electron chi connectivity index (χ2n) is 10.8. The number of halogens is 5. The summed E-state index contributed by atoms with van der Waals surface area (Å²) < 4.78 is 70.5. The molecule has 3 atom stereocenters. The van der Waals surface area contributed by atoms with Crippen molar-refractivity contribution in [3.63, 3.8) is 0 Å². The summed E-state index contributed by atoms with van der Waals surface area (Å²) in [5, 5.41) is 22.8. The molecule has 0 aromatic carbocycles. The summed E-state index contributed by atoms with van der Waals surface area (Å²) in [5.41, 5.74) is -1.50. The number of carboxylic acids is 1. The summed E-state index contributed by atoms with van der Waals surface area (Å²) in [6, 6.07) is 1.26. The molecule has 4 heterocycles. The number of imidazole rings is 1. The molecular weight excluding hydrogens is 569 g/mol. The molecule has 2 aliphatic rings. The van der Waals surface area contributed by atoms with Crippen molar-refractivity contribution in [3.05, 3.63) is 47.7 Å². The predicted octanol–water partition coefficient (Wildman–Crippen LogP) is 3.31. The van der Waals surface area contributed by atoms with Gasteiger partial charge in [0, 0.05) is 38.4 Å². The zero-order valence-electron chi connectivity index (χ0n) is 22.4. The molecule has 16 heteroatoms. The Labute approximate surface area is 235 Å². The molecule has 1 saturated carbocycles. The highest BCUT2D eigenvalue weighted by atomic mass is 19.4. The lowest BCUT2D eigenvalue weighted by atomic mass is 9.80. The maximum atomic E-state index is 14.0. The van der Waals surface area contributed by atoms with E-state index in [0.29, 0.717) is 12.2 Å². The molecule has 3 aromatic rings. The standard InChI is InChI=1S/C26H28F5N7O4/c1-2-37-17(7-10-32-37)21(39)35-20(14-5-8-25(27,28)9-6-14)16-13-38-19(33-16)4-3-15(36-38)11-24(23(41)42)12-18(26(29,30)31)34-22(24)40/h3-4,7,10,13-14,18,20H,2,5-6,8-9,11-12H2,1H3,(H,34,40)(H,35,39)(H,41,42)/t18-,20-,24?/m0/s1. The molecule has 0 spiro atoms. The third-order valence-corrected chi connectivity index (χ3v) is 8.06. The molecule has 1 aliphatic carbocycles. The van der Waals surface area contributed by atoms with E-state index in [9.17, 15) is 41.4 Å². The van der Waals surface area contributed by atoms with Gasteiger partial charge < -0.3 is 15.7 Å². The van der Waals surface area contributed by atoms with E-state index < -0.39 is 60.2 Å². The van der Waals surface area contributed by atoms with Crippen LogP contribution >= 0.6 is 0 Å². The third-order valence-electron chi connectivity index (χ3n) is 8.06. The molecule has 11 nitrogen and oxygen atoms in total. The molecular formula is C26H28F5N7O4. The number of alkyl halides is 5. The maximum Gasteiger partial charge on any atom is 0.408 e. The van der Waals surface area contributed by atoms with E-state index in [0.717, 1.165) is 0 Å². The Morgan fingerprint density at radius 1 is 1.21 bits per heavy atom. The van der Waals surface area contributed by atoms with Crippen LogP contribution in [0.5, 0.6) is 0 Å². The summed E-state index contributed by atoms with van der Waals surface area (Å²) in [6.45, 7) is 2.24. The molecule has 226 valence electrons. The van der Waals surface area contributed by atoms with Gasteiger partial charge in [0.25, 0.3) is 5.91 Å². The van der Waals surface area contributed by atoms with Gasteiger partial charge in [-0.25, -0.2) is 18.3 Å². The van der Waals surface area contributed by atoms with Crippen LogP contribution in [-0.4, -0.2) is 65.4 Å². The molecule has 0 radical (unpaired) electrons. The van der Waals surface area contributed by atoms with Crippen LogP contribution in [0.15, 0.2) is 30.6 Å². The van der Waals surface area contributed by atoms with Crippen molar-refractivity contribution in [1.82, 2.24) is 35.0 Å². The first-order chi connectivity index (χ1) is 19.7. The second kappa shape index (κ2) is 10.6. The van der Waals surface area contributed by atoms with Crippen molar-refractivity contribution >= 4 is 23.4 Å². The van der Waals surface area contributed by atoms with Gasteiger partial charge >= 0.3 is 12.1 Å². The highest BCUT2D eigenvalue weighted by Crippen LogP contribution is 2.42. The van der Waals surface area contributed by atoms with Crippen LogP contribution in [0.3, 0.4) is 0 Å². The van der Waals surface area contributed by atoms with Gasteiger partial charge in [0.1, 0.15) is 11.7 Å². The summed E-state index contributed by atoms with van der Waals surface area (Å²) in [6.07, 6.45) is -3.97. The zero-order chi connectivity index (χ0) is 30.4. The average Bonchev–Trinajstić information content (AvgIpc) is 3.64. The summed E-state index contributed by atoms with van der Waals surface area (Å²) in [5.74, 6) is -6.62. The van der Waals surface area contributed by atoms with E-state index in [4.69, 9.17) is 0 Å². The van der Waals surface area contributed by atoms with Crippen LogP contribution in [0.4, 0.5) is 22.0 Å². The molecule has 3 aromatic heterocycles. The number of rotatable bonds is 8. The van der Waals surface area contributed by atoms with Crippen molar-refractivity contribution in [2.45, 2.75) is 76.2 Å². The summed E-state index contributed by atoms with van der Waals surface area (Å²) in [4.78, 5) is 42.2. The normalized spacial score (nSPS) is 23.6. The monoisotopic (exact) mass is 597 g/mol. The SMILES string of the molecule is CCn1nccc1C(=O)N[C@H](c1cn2nc(CC3(C(=O)O)C[C@@H](C(F)(F)F)NC3=O)ccc2n1)C1CCC(F)(F)CC1. The minimum atomic E-state index is -4.82. The van der Waals surface area contributed by atoms with E-state index in [1.54, 1.807) is 5.32 Å². The number of hydrogen-bond donors (Lipinski definition) is 3. The minimum Gasteiger partial charge on any atom is -0.480 e. The van der Waals surface area contributed by atoms with Gasteiger partial charge in [-0.2, -0.15) is 23.4 Å². The van der Waals surface area contributed by atoms with Crippen molar-refractivity contribution < 1.29 is 41.4 Å². The highest BCUT2D eigenvalue weighted by molar-refractivity contribution is 6.04. The van der Waals surface area contributed by atoms with Gasteiger partial charge in [-0.3, -0.25) is 19.1 Å². The molecule has 1 unspecified atom stereocenters. The van der Waals surface area contributed by atoms with Crippen LogP contribution < -0.4 is 10.6 Å². The number of carbonyl (C=O) groups is 3. The maximum absolute atomic E-state index is 14.0. The highest BCUT2D eigenvalue weighted by Gasteiger charge is 2.59. The number of amides is 2. The number of aryl methyl sites for hydroxylation is 1. The van der Waals surface area contributed by atoms with Crippen molar-refractivity contribution in [2.75, 3.05) is 0 Å². The topological polar surface area (TPSA) is 144 Å². The molecule has 2 fully saturated rings. The van der Waals surface area contributed by atoms with E-state index in [1.165, 1.54) is 39.8 Å². The molecule has 1 aliphatic heterocycles. The second-order valence-corrected chi connectivity index (χ2v) is 10.8. The number of hydrogen-bond acceptors (Lipinski definition) is 6. The quantitative estimate of drug-likeness (QED) is 0.267. The average molecular weight is 598 g/mol. The minimum absolute atomic E-state index is 0.0246. The number of carbonyl (C=O) groups excluding carboxylic acids is 2. The first-order valence-electron chi connectivity index (χ1n) is 13.4. The molecule has 42 heavy (non-hydrogen) atoms. The number of nitrogens with one attached hydrogen (secondary N) is 2. The van der Waals surface area contributed by atoms with Crippen LogP contribution in [0.2, 0.25) is 0 Å². The molecule has 1 saturated heterocycles. The zero-order valence-corrected chi connectivity index (χ0v) is 22.4. The van der Waals surface area contributed by atoms with E-state index in [2.05, 4.69) is 20.5 Å². The Hall–Kier alpha value is -4.11. The lowest BCUT2D eigenvalue weighted by Gasteiger charge is -2.33. The third kappa shape index (κ3) is 5.53. The lowest BCUT2D eigenvalue weighted by Crippen LogP contribution is -2.41. The Morgan fingerprint density at radius 2 is 1.93 bits per heavy atom. The van der Waals surface area contributed by atoms with Gasteiger partial charge in [0.05, 0.1) is 23.6 Å². The summed E-state index contributed by atoms with van der Waals surface area (Å²) >= 11 is 0. The van der Waals surface area contributed by atoms with Crippen LogP contribution in [-0.2, 0) is 22.6 Å². The van der Waals surface area contributed by atoms with Gasteiger partial charge in [0.15, 0.2) is 11.1 Å². The Kier molecular flexibility index (Phi) is 7.43. The number of aromatic nitrogens is 5. The number of fused-ring (bicyclic) bond motifs is 1. The number of aliphatic carboxylic acids is 1. The van der Waals surface area contributed by atoms with Crippen molar-refractivity contribution in [2.24, 2.45) is 11.3 Å². The first-order valence-corrected chi connectivity index (χ1v) is 13.4. The summed E-state index contributed by atoms with van der Waals surface area (Å²) in [7, 11) is 0. The van der Waals surface area contributed by atoms with Gasteiger partial charge in [-0.05, 0) is 43.9 Å². The molecule has 3 N–H and O–H groups in total. The number of nitrogens with zero attached hydrogens (tertiary/aromatic N) is 5. The lowest BCUT2D eigenvalue weighted by molar-refractivity contribution is -0.158. The van der Waals surface area contributed by atoms with Crippen LogP contribution in [0.25, 0.3) is 5.65 Å². The van der Waals surface area contributed by atoms with Crippen LogP contribution in [0, 0.1) is 11.3 Å². The van der Waals surface area contributed by atoms with Crippen LogP contribution in [0.1, 0.15) is 66.9 Å². The van der Waals surface area contributed by atoms with E-state index in [1.807, 2.05) is 6.92 Å². The fourth-order valence-electron chi connectivity index (χ4n) is 5.71. The smallest absolute Gasteiger partial charge is 0.408 e. The fraction of sp³-hybridized carbons (Fsp3) is 0.538.